The van der Waals surface area contributed by atoms with E-state index in [1.54, 1.807) is 0 Å². The molecule has 0 radical (unpaired) electrons. The molecule has 2 saturated heterocycles. The molecule has 3 fully saturated rings. The normalized spacial score (nSPS) is 33.3. The number of amides is 1. The van der Waals surface area contributed by atoms with Crippen molar-refractivity contribution in [3.05, 3.63) is 0 Å². The van der Waals surface area contributed by atoms with Gasteiger partial charge in [-0.3, -0.25) is 9.69 Å². The number of ether oxygens (including phenoxy) is 1. The van der Waals surface area contributed by atoms with Crippen LogP contribution in [0.3, 0.4) is 0 Å². The van der Waals surface area contributed by atoms with Crippen LogP contribution in [0.25, 0.3) is 0 Å². The van der Waals surface area contributed by atoms with Crippen LogP contribution in [0.1, 0.15) is 52.4 Å². The lowest BCUT2D eigenvalue weighted by molar-refractivity contribution is -0.128. The maximum absolute atomic E-state index is 12.8. The fraction of sp³-hybridized carbons (Fsp3) is 0.944. The van der Waals surface area contributed by atoms with Gasteiger partial charge in [0.25, 0.3) is 0 Å². The van der Waals surface area contributed by atoms with Gasteiger partial charge in [-0.05, 0) is 46.1 Å². The average Bonchev–Trinajstić information content (AvgIpc) is 3.06. The Kier molecular flexibility index (Phi) is 5.60. The van der Waals surface area contributed by atoms with E-state index in [0.29, 0.717) is 6.04 Å². The van der Waals surface area contributed by atoms with Gasteiger partial charge in [0, 0.05) is 36.6 Å². The summed E-state index contributed by atoms with van der Waals surface area (Å²) in [5.74, 6) is 0.447. The number of carbonyl (C=O) groups is 1. The molecule has 1 saturated carbocycles. The number of nitrogens with zero attached hydrogens (tertiary/aromatic N) is 1. The average molecular weight is 323 g/mol. The van der Waals surface area contributed by atoms with E-state index in [0.717, 1.165) is 45.7 Å². The Hall–Kier alpha value is -0.650. The molecule has 2 aliphatic heterocycles. The second-order valence-corrected chi connectivity index (χ2v) is 7.72. The van der Waals surface area contributed by atoms with Gasteiger partial charge in [-0.15, -0.1) is 0 Å². The summed E-state index contributed by atoms with van der Waals surface area (Å²) >= 11 is 0. The van der Waals surface area contributed by atoms with Gasteiger partial charge in [-0.2, -0.15) is 0 Å². The van der Waals surface area contributed by atoms with E-state index in [1.165, 1.54) is 25.7 Å². The summed E-state index contributed by atoms with van der Waals surface area (Å²) in [5.41, 5.74) is 0.151. The molecule has 3 rings (SSSR count). The first-order valence-corrected chi connectivity index (χ1v) is 9.48. The van der Waals surface area contributed by atoms with Crippen LogP contribution in [0.4, 0.5) is 0 Å². The van der Waals surface area contributed by atoms with Crippen molar-refractivity contribution in [3.8, 4) is 0 Å². The number of rotatable bonds is 4. The molecule has 5 heteroatoms. The van der Waals surface area contributed by atoms with Crippen LogP contribution in [0.2, 0.25) is 0 Å². The molecule has 0 aromatic heterocycles. The highest BCUT2D eigenvalue weighted by Gasteiger charge is 2.45. The molecule has 132 valence electrons. The third-order valence-corrected chi connectivity index (χ3v) is 6.27. The third kappa shape index (κ3) is 3.72. The maximum Gasteiger partial charge on any atom is 0.223 e. The Balaban J connectivity index is 1.64. The van der Waals surface area contributed by atoms with E-state index < -0.39 is 0 Å². The van der Waals surface area contributed by atoms with Gasteiger partial charge in [0.15, 0.2) is 0 Å². The van der Waals surface area contributed by atoms with Crippen molar-refractivity contribution in [3.63, 3.8) is 0 Å². The summed E-state index contributed by atoms with van der Waals surface area (Å²) in [4.78, 5) is 15.4. The predicted octanol–water partition coefficient (Wildman–Crippen LogP) is 1.52. The molecular formula is C18H33N3O2. The van der Waals surface area contributed by atoms with Crippen molar-refractivity contribution in [1.29, 1.82) is 0 Å². The Morgan fingerprint density at radius 2 is 2.00 bits per heavy atom. The van der Waals surface area contributed by atoms with Crippen molar-refractivity contribution >= 4 is 5.91 Å². The minimum Gasteiger partial charge on any atom is -0.379 e. The molecule has 0 aromatic rings. The largest absolute Gasteiger partial charge is 0.379 e. The van der Waals surface area contributed by atoms with Gasteiger partial charge in [-0.1, -0.05) is 12.8 Å². The molecule has 2 heterocycles. The molecule has 1 amide bonds. The van der Waals surface area contributed by atoms with Gasteiger partial charge < -0.3 is 15.4 Å². The second-order valence-electron chi connectivity index (χ2n) is 7.72. The first-order valence-electron chi connectivity index (χ1n) is 9.48. The highest BCUT2D eigenvalue weighted by Crippen LogP contribution is 2.38. The summed E-state index contributed by atoms with van der Waals surface area (Å²) < 4.78 is 5.54. The van der Waals surface area contributed by atoms with E-state index in [2.05, 4.69) is 29.4 Å². The molecule has 3 aliphatic rings. The van der Waals surface area contributed by atoms with Crippen LogP contribution < -0.4 is 10.6 Å². The predicted molar refractivity (Wildman–Crippen MR) is 91.4 cm³/mol. The Labute approximate surface area is 140 Å². The SMILES string of the molecule is CC(NC(=O)[C@H]1CCN[C@@H](C)C1)C1(N2CCOCC2)CCCC1. The van der Waals surface area contributed by atoms with Gasteiger partial charge in [0.2, 0.25) is 5.91 Å². The van der Waals surface area contributed by atoms with Crippen molar-refractivity contribution in [2.75, 3.05) is 32.8 Å². The van der Waals surface area contributed by atoms with E-state index in [1.807, 2.05) is 0 Å². The van der Waals surface area contributed by atoms with Crippen LogP contribution in [0, 0.1) is 5.92 Å². The van der Waals surface area contributed by atoms with Crippen LogP contribution in [-0.4, -0.2) is 61.3 Å². The standard InChI is InChI=1S/C18H33N3O2/c1-14-13-16(5-8-19-14)17(22)20-15(2)18(6-3-4-7-18)21-9-11-23-12-10-21/h14-16,19H,3-13H2,1-2H3,(H,20,22)/t14-,15?,16-/m0/s1. The molecule has 0 spiro atoms. The topological polar surface area (TPSA) is 53.6 Å². The van der Waals surface area contributed by atoms with E-state index >= 15 is 0 Å². The lowest BCUT2D eigenvalue weighted by Gasteiger charge is -2.47. The number of piperidine rings is 1. The molecule has 1 unspecified atom stereocenters. The Morgan fingerprint density at radius 1 is 1.30 bits per heavy atom. The molecular weight excluding hydrogens is 290 g/mol. The summed E-state index contributed by atoms with van der Waals surface area (Å²) in [7, 11) is 0. The summed E-state index contributed by atoms with van der Waals surface area (Å²) in [5, 5.41) is 6.83. The van der Waals surface area contributed by atoms with Gasteiger partial charge in [0.1, 0.15) is 0 Å². The molecule has 2 N–H and O–H groups in total. The second kappa shape index (κ2) is 7.49. The van der Waals surface area contributed by atoms with Crippen molar-refractivity contribution in [2.45, 2.75) is 70.0 Å². The number of hydrogen-bond acceptors (Lipinski definition) is 4. The highest BCUT2D eigenvalue weighted by atomic mass is 16.5. The van der Waals surface area contributed by atoms with Gasteiger partial charge >= 0.3 is 0 Å². The van der Waals surface area contributed by atoms with E-state index in [-0.39, 0.29) is 23.4 Å². The number of carbonyl (C=O) groups excluding carboxylic acids is 1. The minimum atomic E-state index is 0.151. The van der Waals surface area contributed by atoms with Crippen LogP contribution >= 0.6 is 0 Å². The van der Waals surface area contributed by atoms with Crippen LogP contribution in [0.5, 0.6) is 0 Å². The van der Waals surface area contributed by atoms with Gasteiger partial charge in [-0.25, -0.2) is 0 Å². The zero-order valence-electron chi connectivity index (χ0n) is 14.8. The van der Waals surface area contributed by atoms with Gasteiger partial charge in [0.05, 0.1) is 13.2 Å². The molecule has 5 nitrogen and oxygen atoms in total. The monoisotopic (exact) mass is 323 g/mol. The lowest BCUT2D eigenvalue weighted by atomic mass is 9.85. The lowest BCUT2D eigenvalue weighted by Crippen LogP contribution is -2.62. The molecule has 1 aliphatic carbocycles. The third-order valence-electron chi connectivity index (χ3n) is 6.27. The first-order chi connectivity index (χ1) is 11.1. The van der Waals surface area contributed by atoms with E-state index in [9.17, 15) is 4.79 Å². The Bertz CT molecular complexity index is 403. The summed E-state index contributed by atoms with van der Waals surface area (Å²) in [6, 6.07) is 0.676. The first kappa shape index (κ1) is 17.2. The fourth-order valence-corrected chi connectivity index (χ4v) is 4.85. The quantitative estimate of drug-likeness (QED) is 0.824. The van der Waals surface area contributed by atoms with Crippen LogP contribution in [-0.2, 0) is 9.53 Å². The number of nitrogens with one attached hydrogen (secondary N) is 2. The summed E-state index contributed by atoms with van der Waals surface area (Å²) in [6.07, 6.45) is 6.90. The molecule has 0 aromatic carbocycles. The minimum absolute atomic E-state index is 0.151. The van der Waals surface area contributed by atoms with Crippen molar-refractivity contribution in [1.82, 2.24) is 15.5 Å². The van der Waals surface area contributed by atoms with Crippen molar-refractivity contribution < 1.29 is 9.53 Å². The zero-order chi connectivity index (χ0) is 16.3. The smallest absolute Gasteiger partial charge is 0.223 e. The zero-order valence-corrected chi connectivity index (χ0v) is 14.8. The molecule has 3 atom stereocenters. The highest BCUT2D eigenvalue weighted by molar-refractivity contribution is 5.79. The fourth-order valence-electron chi connectivity index (χ4n) is 4.85. The maximum atomic E-state index is 12.8. The van der Waals surface area contributed by atoms with Crippen LogP contribution in [0.15, 0.2) is 0 Å². The van der Waals surface area contributed by atoms with E-state index in [4.69, 9.17) is 4.74 Å². The number of hydrogen-bond donors (Lipinski definition) is 2. The van der Waals surface area contributed by atoms with Crippen molar-refractivity contribution in [2.24, 2.45) is 5.92 Å². The summed E-state index contributed by atoms with van der Waals surface area (Å²) in [6.45, 7) is 9.03. The molecule has 23 heavy (non-hydrogen) atoms. The molecule has 0 bridgehead atoms. The Morgan fingerprint density at radius 3 is 2.65 bits per heavy atom. The number of morpholine rings is 1.